The van der Waals surface area contributed by atoms with Crippen LogP contribution in [0.2, 0.25) is 5.02 Å². The molecule has 0 saturated carbocycles. The van der Waals surface area contributed by atoms with Gasteiger partial charge in [-0.1, -0.05) is 54.1 Å². The molecule has 3 rings (SSSR count). The summed E-state index contributed by atoms with van der Waals surface area (Å²) < 4.78 is 0. The van der Waals surface area contributed by atoms with Crippen molar-refractivity contribution in [1.82, 2.24) is 10.2 Å². The Morgan fingerprint density at radius 3 is 2.46 bits per heavy atom. The van der Waals surface area contributed by atoms with Gasteiger partial charge in [0.25, 0.3) is 0 Å². The molecule has 0 aliphatic rings. The van der Waals surface area contributed by atoms with Gasteiger partial charge >= 0.3 is 0 Å². The molecule has 1 heterocycles. The molecule has 3 nitrogen and oxygen atoms in total. The smallest absolute Gasteiger partial charge is 0.234 e. The van der Waals surface area contributed by atoms with Crippen molar-refractivity contribution in [2.45, 2.75) is 12.6 Å². The van der Waals surface area contributed by atoms with Gasteiger partial charge in [0.15, 0.2) is 0 Å². The first kappa shape index (κ1) is 18.6. The van der Waals surface area contributed by atoms with Crippen molar-refractivity contribution < 1.29 is 4.79 Å². The minimum absolute atomic E-state index is 0.00502. The number of hydrogen-bond donors (Lipinski definition) is 1. The van der Waals surface area contributed by atoms with Crippen molar-refractivity contribution in [3.63, 3.8) is 0 Å². The first-order chi connectivity index (χ1) is 12.6. The van der Waals surface area contributed by atoms with Crippen LogP contribution in [0.5, 0.6) is 0 Å². The molecule has 0 bridgehead atoms. The Balaban J connectivity index is 1.66. The Labute approximate surface area is 163 Å². The molecule has 5 heteroatoms. The molecular weight excluding hydrogens is 364 g/mol. The summed E-state index contributed by atoms with van der Waals surface area (Å²) in [6.45, 7) is 1.07. The minimum Gasteiger partial charge on any atom is -0.344 e. The summed E-state index contributed by atoms with van der Waals surface area (Å²) in [5, 5.41) is 7.92. The van der Waals surface area contributed by atoms with Crippen molar-refractivity contribution in [3.05, 3.63) is 93.1 Å². The summed E-state index contributed by atoms with van der Waals surface area (Å²) >= 11 is 7.62. The third-order valence-corrected chi connectivity index (χ3v) is 5.05. The zero-order valence-electron chi connectivity index (χ0n) is 14.6. The van der Waals surface area contributed by atoms with Crippen molar-refractivity contribution >= 4 is 28.8 Å². The lowest BCUT2D eigenvalue weighted by atomic mass is 10.0. The molecule has 0 fully saturated rings. The summed E-state index contributed by atoms with van der Waals surface area (Å²) in [6, 6.07) is 19.6. The van der Waals surface area contributed by atoms with Crippen LogP contribution in [0.25, 0.3) is 0 Å². The first-order valence-electron chi connectivity index (χ1n) is 8.41. The van der Waals surface area contributed by atoms with Gasteiger partial charge < -0.3 is 5.32 Å². The van der Waals surface area contributed by atoms with Gasteiger partial charge in [0, 0.05) is 11.6 Å². The van der Waals surface area contributed by atoms with Gasteiger partial charge in [-0.15, -0.1) is 0 Å². The Hall–Kier alpha value is -2.14. The van der Waals surface area contributed by atoms with Crippen LogP contribution in [-0.2, 0) is 11.3 Å². The van der Waals surface area contributed by atoms with Crippen LogP contribution in [0.15, 0.2) is 71.4 Å². The number of nitrogens with one attached hydrogen (secondary N) is 1. The third kappa shape index (κ3) is 5.18. The predicted octanol–water partition coefficient (Wildman–Crippen LogP) is 4.74. The van der Waals surface area contributed by atoms with Gasteiger partial charge in [-0.25, -0.2) is 0 Å². The van der Waals surface area contributed by atoms with Crippen molar-refractivity contribution in [2.24, 2.45) is 0 Å². The maximum absolute atomic E-state index is 12.6. The SMILES string of the molecule is CN(CC(=O)NC(c1ccc(Cl)cc1)c1ccsc1)Cc1ccccc1. The molecule has 0 radical (unpaired) electrons. The molecule has 1 N–H and O–H groups in total. The second-order valence-electron chi connectivity index (χ2n) is 6.27. The fourth-order valence-corrected chi connectivity index (χ4v) is 3.67. The van der Waals surface area contributed by atoms with Gasteiger partial charge in [-0.05, 0) is 52.7 Å². The second kappa shape index (κ2) is 8.99. The van der Waals surface area contributed by atoms with E-state index in [2.05, 4.69) is 22.8 Å². The van der Waals surface area contributed by atoms with Gasteiger partial charge in [-0.3, -0.25) is 9.69 Å². The number of thiophene rings is 1. The number of rotatable bonds is 7. The van der Waals surface area contributed by atoms with Crippen LogP contribution in [0, 0.1) is 0 Å². The molecule has 2 aromatic carbocycles. The van der Waals surface area contributed by atoms with E-state index in [1.165, 1.54) is 5.56 Å². The van der Waals surface area contributed by atoms with Gasteiger partial charge in [0.05, 0.1) is 12.6 Å². The minimum atomic E-state index is -0.170. The molecule has 1 atom stereocenters. The first-order valence-corrected chi connectivity index (χ1v) is 9.73. The highest BCUT2D eigenvalue weighted by atomic mass is 35.5. The van der Waals surface area contributed by atoms with Gasteiger partial charge in [0.2, 0.25) is 5.91 Å². The lowest BCUT2D eigenvalue weighted by Crippen LogP contribution is -2.37. The number of hydrogen-bond acceptors (Lipinski definition) is 3. The molecule has 0 aliphatic heterocycles. The molecule has 0 aliphatic carbocycles. The zero-order chi connectivity index (χ0) is 18.4. The van der Waals surface area contributed by atoms with Crippen molar-refractivity contribution in [1.29, 1.82) is 0 Å². The summed E-state index contributed by atoms with van der Waals surface area (Å²) in [5.74, 6) is -0.00502. The third-order valence-electron chi connectivity index (χ3n) is 4.09. The van der Waals surface area contributed by atoms with Crippen LogP contribution in [0.1, 0.15) is 22.7 Å². The summed E-state index contributed by atoms with van der Waals surface area (Å²) in [5.41, 5.74) is 3.29. The highest BCUT2D eigenvalue weighted by Gasteiger charge is 2.18. The van der Waals surface area contributed by atoms with Gasteiger partial charge in [-0.2, -0.15) is 11.3 Å². The molecule has 3 aromatic rings. The van der Waals surface area contributed by atoms with Crippen LogP contribution in [0.4, 0.5) is 0 Å². The highest BCUT2D eigenvalue weighted by molar-refractivity contribution is 7.08. The van der Waals surface area contributed by atoms with Crippen LogP contribution in [0.3, 0.4) is 0 Å². The molecular formula is C21H21ClN2OS. The van der Waals surface area contributed by atoms with Crippen molar-refractivity contribution in [2.75, 3.05) is 13.6 Å². The molecule has 0 spiro atoms. The predicted molar refractivity (Wildman–Crippen MR) is 109 cm³/mol. The fourth-order valence-electron chi connectivity index (χ4n) is 2.86. The molecule has 1 amide bonds. The summed E-state index contributed by atoms with van der Waals surface area (Å²) in [4.78, 5) is 14.6. The van der Waals surface area contributed by atoms with E-state index in [9.17, 15) is 4.79 Å². The Bertz CT molecular complexity index is 819. The summed E-state index contributed by atoms with van der Waals surface area (Å²) in [7, 11) is 1.95. The maximum Gasteiger partial charge on any atom is 0.234 e. The van der Waals surface area contributed by atoms with E-state index in [0.717, 1.165) is 17.7 Å². The van der Waals surface area contributed by atoms with E-state index in [0.29, 0.717) is 11.6 Å². The van der Waals surface area contributed by atoms with Crippen LogP contribution >= 0.6 is 22.9 Å². The number of halogens is 1. The number of carbonyl (C=O) groups excluding carboxylic acids is 1. The lowest BCUT2D eigenvalue weighted by molar-refractivity contribution is -0.122. The molecule has 26 heavy (non-hydrogen) atoms. The molecule has 1 unspecified atom stereocenters. The second-order valence-corrected chi connectivity index (χ2v) is 7.48. The van der Waals surface area contributed by atoms with Crippen molar-refractivity contribution in [3.8, 4) is 0 Å². The quantitative estimate of drug-likeness (QED) is 0.638. The average Bonchev–Trinajstić information content (AvgIpc) is 3.15. The van der Waals surface area contributed by atoms with E-state index >= 15 is 0 Å². The standard InChI is InChI=1S/C21H21ClN2OS/c1-24(13-16-5-3-2-4-6-16)14-20(25)23-21(18-11-12-26-15-18)17-7-9-19(22)10-8-17/h2-12,15,21H,13-14H2,1H3,(H,23,25). The van der Waals surface area contributed by atoms with E-state index in [1.54, 1.807) is 11.3 Å². The van der Waals surface area contributed by atoms with E-state index in [1.807, 2.05) is 65.9 Å². The molecule has 1 aromatic heterocycles. The number of nitrogens with zero attached hydrogens (tertiary/aromatic N) is 1. The Kier molecular flexibility index (Phi) is 6.45. The largest absolute Gasteiger partial charge is 0.344 e. The Morgan fingerprint density at radius 2 is 1.81 bits per heavy atom. The Morgan fingerprint density at radius 1 is 1.08 bits per heavy atom. The maximum atomic E-state index is 12.6. The van der Waals surface area contributed by atoms with E-state index in [4.69, 9.17) is 11.6 Å². The molecule has 0 saturated heterocycles. The normalized spacial score (nSPS) is 12.1. The van der Waals surface area contributed by atoms with Gasteiger partial charge in [0.1, 0.15) is 0 Å². The molecule has 134 valence electrons. The highest BCUT2D eigenvalue weighted by Crippen LogP contribution is 2.25. The van der Waals surface area contributed by atoms with Crippen LogP contribution < -0.4 is 5.32 Å². The number of amides is 1. The fraction of sp³-hybridized carbons (Fsp3) is 0.190. The van der Waals surface area contributed by atoms with E-state index in [-0.39, 0.29) is 11.9 Å². The average molecular weight is 385 g/mol. The monoisotopic (exact) mass is 384 g/mol. The number of carbonyl (C=O) groups is 1. The zero-order valence-corrected chi connectivity index (χ0v) is 16.1. The van der Waals surface area contributed by atoms with E-state index < -0.39 is 0 Å². The summed E-state index contributed by atoms with van der Waals surface area (Å²) in [6.07, 6.45) is 0. The lowest BCUT2D eigenvalue weighted by Gasteiger charge is -2.21. The number of benzene rings is 2. The number of likely N-dealkylation sites (N-methyl/N-ethyl adjacent to an activating group) is 1. The van der Waals surface area contributed by atoms with Crippen LogP contribution in [-0.4, -0.2) is 24.4 Å². The topological polar surface area (TPSA) is 32.3 Å².